The van der Waals surface area contributed by atoms with E-state index >= 15 is 0 Å². The predicted octanol–water partition coefficient (Wildman–Crippen LogP) is 5.22. The normalized spacial score (nSPS) is 11.3. The van der Waals surface area contributed by atoms with Crippen molar-refractivity contribution in [1.29, 1.82) is 5.41 Å². The van der Waals surface area contributed by atoms with Gasteiger partial charge in [0.15, 0.2) is 5.78 Å². The standard InChI is InChI=1S/C31H29N5O5S.ClH/c1-19-29(26(37)14-9-20-7-10-22(11-8-20)31(32)33)24-13-12-23(18-25(24)35-19)36(17-15-28(38)39)42(40,41)27-6-2-4-21-5-3-16-34-30(21)27;/h2-8,10-13,16,18,35H,9,14-15,17H2,1H3,(H3,32,33)(H,38,39);1H. The minimum atomic E-state index is -4.21. The van der Waals surface area contributed by atoms with Crippen LogP contribution in [-0.4, -0.2) is 47.6 Å². The molecule has 0 unspecified atom stereocenters. The molecule has 0 aliphatic rings. The number of carbonyl (C=O) groups is 2. The lowest BCUT2D eigenvalue weighted by atomic mass is 9.99. The number of carbonyl (C=O) groups excluding carboxylic acids is 1. The van der Waals surface area contributed by atoms with Crippen LogP contribution in [0.1, 0.15) is 40.0 Å². The Labute approximate surface area is 254 Å². The van der Waals surface area contributed by atoms with Gasteiger partial charge in [-0.15, -0.1) is 12.4 Å². The third kappa shape index (κ3) is 6.37. The van der Waals surface area contributed by atoms with E-state index in [0.717, 1.165) is 9.87 Å². The minimum absolute atomic E-state index is 0. The highest BCUT2D eigenvalue weighted by Crippen LogP contribution is 2.32. The summed E-state index contributed by atoms with van der Waals surface area (Å²) in [6.07, 6.45) is 1.86. The highest BCUT2D eigenvalue weighted by Gasteiger charge is 2.29. The summed E-state index contributed by atoms with van der Waals surface area (Å²) in [7, 11) is -4.21. The molecule has 0 fully saturated rings. The van der Waals surface area contributed by atoms with Gasteiger partial charge < -0.3 is 15.8 Å². The summed E-state index contributed by atoms with van der Waals surface area (Å²) in [4.78, 5) is 32.2. The first-order chi connectivity index (χ1) is 20.1. The maximum absolute atomic E-state index is 14.0. The Bertz CT molecular complexity index is 1950. The van der Waals surface area contributed by atoms with E-state index in [2.05, 4.69) is 9.97 Å². The molecule has 5 rings (SSSR count). The molecular weight excluding hydrogens is 590 g/mol. The van der Waals surface area contributed by atoms with Gasteiger partial charge >= 0.3 is 5.97 Å². The number of aromatic nitrogens is 2. The largest absolute Gasteiger partial charge is 0.481 e. The number of rotatable bonds is 11. The Morgan fingerprint density at radius 1 is 1.02 bits per heavy atom. The van der Waals surface area contributed by atoms with Crippen LogP contribution < -0.4 is 10.0 Å². The van der Waals surface area contributed by atoms with Crippen molar-refractivity contribution in [3.63, 3.8) is 0 Å². The second-order valence-corrected chi connectivity index (χ2v) is 11.8. The molecule has 0 atom stereocenters. The highest BCUT2D eigenvalue weighted by molar-refractivity contribution is 7.93. The van der Waals surface area contributed by atoms with Crippen LogP contribution in [0, 0.1) is 12.3 Å². The van der Waals surface area contributed by atoms with Crippen molar-refractivity contribution in [2.24, 2.45) is 5.73 Å². The highest BCUT2D eigenvalue weighted by atomic mass is 35.5. The Hall–Kier alpha value is -4.74. The first kappa shape index (κ1) is 31.2. The fraction of sp³-hybridized carbons (Fsp3) is 0.161. The quantitative estimate of drug-likeness (QED) is 0.0892. The van der Waals surface area contributed by atoms with Crippen LogP contribution in [0.25, 0.3) is 21.8 Å². The number of sulfonamides is 1. The number of aryl methyl sites for hydroxylation is 2. The summed E-state index contributed by atoms with van der Waals surface area (Å²) in [5.41, 5.74) is 9.36. The number of aliphatic carboxylic acids is 1. The van der Waals surface area contributed by atoms with Gasteiger partial charge in [-0.05, 0) is 43.2 Å². The van der Waals surface area contributed by atoms with Crippen LogP contribution in [0.15, 0.2) is 83.9 Å². The second kappa shape index (κ2) is 12.6. The number of ketones is 1. The number of carboxylic acid groups (broad SMARTS) is 1. The molecule has 0 bridgehead atoms. The van der Waals surface area contributed by atoms with Gasteiger partial charge in [0.25, 0.3) is 10.0 Å². The summed E-state index contributed by atoms with van der Waals surface area (Å²) < 4.78 is 29.0. The molecule has 43 heavy (non-hydrogen) atoms. The first-order valence-electron chi connectivity index (χ1n) is 13.2. The molecule has 0 amide bonds. The molecule has 0 spiro atoms. The van der Waals surface area contributed by atoms with Gasteiger partial charge in [0.05, 0.1) is 17.6 Å². The summed E-state index contributed by atoms with van der Waals surface area (Å²) in [5.74, 6) is -1.22. The number of Topliss-reactive ketones (excluding diaryl/α,β-unsaturated/α-hetero) is 1. The van der Waals surface area contributed by atoms with E-state index in [9.17, 15) is 23.1 Å². The zero-order valence-electron chi connectivity index (χ0n) is 23.2. The first-order valence-corrected chi connectivity index (χ1v) is 14.7. The van der Waals surface area contributed by atoms with E-state index in [1.807, 2.05) is 12.1 Å². The topological polar surface area (TPSA) is 170 Å². The monoisotopic (exact) mass is 619 g/mol. The van der Waals surface area contributed by atoms with Crippen molar-refractivity contribution in [2.45, 2.75) is 31.1 Å². The van der Waals surface area contributed by atoms with Gasteiger partial charge in [-0.3, -0.25) is 24.3 Å². The number of nitrogen functional groups attached to an aromatic ring is 1. The van der Waals surface area contributed by atoms with E-state index in [1.54, 1.807) is 61.5 Å². The maximum Gasteiger partial charge on any atom is 0.305 e. The molecule has 0 aliphatic carbocycles. The number of amidine groups is 1. The molecule has 12 heteroatoms. The molecule has 0 saturated heterocycles. The number of aromatic amines is 1. The number of hydrogen-bond donors (Lipinski definition) is 4. The molecule has 5 aromatic rings. The van der Waals surface area contributed by atoms with Crippen molar-refractivity contribution in [2.75, 3.05) is 10.8 Å². The number of halogens is 1. The Balaban J connectivity index is 0.00000423. The molecule has 2 aromatic heterocycles. The summed E-state index contributed by atoms with van der Waals surface area (Å²) in [6.45, 7) is 1.50. The molecule has 5 N–H and O–H groups in total. The van der Waals surface area contributed by atoms with Crippen LogP contribution >= 0.6 is 12.4 Å². The fourth-order valence-electron chi connectivity index (χ4n) is 5.06. The Morgan fingerprint density at radius 2 is 1.74 bits per heavy atom. The molecule has 2 heterocycles. The number of nitrogens with one attached hydrogen (secondary N) is 2. The van der Waals surface area contributed by atoms with E-state index in [-0.39, 0.29) is 47.6 Å². The zero-order chi connectivity index (χ0) is 30.0. The SMILES string of the molecule is Cc1[nH]c2cc(N(CCC(=O)O)S(=O)(=O)c3cccc4cccnc34)ccc2c1C(=O)CCc1ccc(C(=N)N)cc1.Cl. The predicted molar refractivity (Wildman–Crippen MR) is 169 cm³/mol. The van der Waals surface area contributed by atoms with E-state index in [0.29, 0.717) is 45.0 Å². The number of H-pyrrole nitrogens is 1. The Kier molecular flexibility index (Phi) is 9.17. The Morgan fingerprint density at radius 3 is 2.44 bits per heavy atom. The number of pyridine rings is 1. The lowest BCUT2D eigenvalue weighted by Crippen LogP contribution is -2.33. The fourth-order valence-corrected chi connectivity index (χ4v) is 6.68. The summed E-state index contributed by atoms with van der Waals surface area (Å²) >= 11 is 0. The third-order valence-corrected chi connectivity index (χ3v) is 8.99. The summed E-state index contributed by atoms with van der Waals surface area (Å²) in [5, 5.41) is 18.2. The summed E-state index contributed by atoms with van der Waals surface area (Å²) in [6, 6.07) is 20.4. The molecule has 222 valence electrons. The van der Waals surface area contributed by atoms with Crippen LogP contribution in [0.2, 0.25) is 0 Å². The average molecular weight is 620 g/mol. The van der Waals surface area contributed by atoms with Crippen molar-refractivity contribution in [1.82, 2.24) is 9.97 Å². The number of fused-ring (bicyclic) bond motifs is 2. The van der Waals surface area contributed by atoms with Crippen molar-refractivity contribution in [3.8, 4) is 0 Å². The maximum atomic E-state index is 14.0. The number of anilines is 1. The van der Waals surface area contributed by atoms with E-state index < -0.39 is 22.4 Å². The van der Waals surface area contributed by atoms with Crippen LogP contribution in [0.5, 0.6) is 0 Å². The van der Waals surface area contributed by atoms with E-state index in [4.69, 9.17) is 11.1 Å². The van der Waals surface area contributed by atoms with Gasteiger partial charge in [0.2, 0.25) is 0 Å². The van der Waals surface area contributed by atoms with Crippen molar-refractivity contribution in [3.05, 3.63) is 101 Å². The number of carboxylic acids is 1. The van der Waals surface area contributed by atoms with E-state index in [1.165, 1.54) is 12.3 Å². The molecule has 0 radical (unpaired) electrons. The van der Waals surface area contributed by atoms with Crippen LogP contribution in [0.3, 0.4) is 0 Å². The van der Waals surface area contributed by atoms with Gasteiger partial charge in [0.1, 0.15) is 10.7 Å². The second-order valence-electron chi connectivity index (χ2n) is 9.94. The molecule has 0 aliphatic heterocycles. The lowest BCUT2D eigenvalue weighted by molar-refractivity contribution is -0.136. The number of nitrogens with two attached hydrogens (primary N) is 1. The number of nitrogens with zero attached hydrogens (tertiary/aromatic N) is 2. The van der Waals surface area contributed by atoms with Gasteiger partial charge in [0, 0.05) is 52.3 Å². The van der Waals surface area contributed by atoms with Crippen molar-refractivity contribution < 1.29 is 23.1 Å². The molecular formula is C31H30ClN5O5S. The smallest absolute Gasteiger partial charge is 0.305 e. The van der Waals surface area contributed by atoms with Gasteiger partial charge in [-0.25, -0.2) is 8.42 Å². The van der Waals surface area contributed by atoms with Crippen LogP contribution in [-0.2, 0) is 21.2 Å². The van der Waals surface area contributed by atoms with Gasteiger partial charge in [-0.2, -0.15) is 0 Å². The number of benzene rings is 3. The van der Waals surface area contributed by atoms with Crippen LogP contribution in [0.4, 0.5) is 5.69 Å². The molecule has 10 nitrogen and oxygen atoms in total. The average Bonchev–Trinajstić information content (AvgIpc) is 3.30. The number of hydrogen-bond acceptors (Lipinski definition) is 6. The molecule has 3 aromatic carbocycles. The van der Waals surface area contributed by atoms with Crippen molar-refractivity contribution >= 4 is 67.5 Å². The minimum Gasteiger partial charge on any atom is -0.481 e. The number of para-hydroxylation sites is 1. The lowest BCUT2D eigenvalue weighted by Gasteiger charge is -2.24. The third-order valence-electron chi connectivity index (χ3n) is 7.13. The zero-order valence-corrected chi connectivity index (χ0v) is 24.8. The molecule has 0 saturated carbocycles. The van der Waals surface area contributed by atoms with Gasteiger partial charge in [-0.1, -0.05) is 48.5 Å².